The summed E-state index contributed by atoms with van der Waals surface area (Å²) < 4.78 is 30.4. The van der Waals surface area contributed by atoms with Crippen molar-refractivity contribution in [2.24, 2.45) is 0 Å². The first-order valence-corrected chi connectivity index (χ1v) is 13.5. The fourth-order valence-electron chi connectivity index (χ4n) is 5.47. The average molecular weight is 554 g/mol. The summed E-state index contributed by atoms with van der Waals surface area (Å²) in [6.07, 6.45) is -2.22. The monoisotopic (exact) mass is 553 g/mol. The predicted molar refractivity (Wildman–Crippen MR) is 149 cm³/mol. The standard InChI is InChI=1S/C30H39N3O7/c1-27(2,3)39-25(34)31-20-13-9-11-18(15-20)29(7)23-33-22(17-36-23)37-30(8,24(33)38-29)19-12-10-14-21(16-19)32-26(35)40-28(4,5)6/h9-16,22-24H,17H2,1-8H3,(H,31,34)(H,32,35)/t22-,23-,24-,29+,30+/m0/s1. The summed E-state index contributed by atoms with van der Waals surface area (Å²) in [5, 5.41) is 5.62. The number of benzene rings is 2. The molecule has 3 aliphatic heterocycles. The summed E-state index contributed by atoms with van der Waals surface area (Å²) in [6, 6.07) is 15.0. The third-order valence-corrected chi connectivity index (χ3v) is 7.11. The Labute approximate surface area is 235 Å². The molecule has 3 saturated heterocycles. The topological polar surface area (TPSA) is 108 Å². The maximum atomic E-state index is 12.4. The molecule has 0 bridgehead atoms. The van der Waals surface area contributed by atoms with Crippen molar-refractivity contribution in [1.82, 2.24) is 4.90 Å². The fourth-order valence-corrected chi connectivity index (χ4v) is 5.47. The lowest BCUT2D eigenvalue weighted by Gasteiger charge is -2.33. The van der Waals surface area contributed by atoms with Crippen molar-refractivity contribution in [3.63, 3.8) is 0 Å². The highest BCUT2D eigenvalue weighted by atomic mass is 16.7. The number of hydrogen-bond acceptors (Lipinski definition) is 8. The van der Waals surface area contributed by atoms with Crippen molar-refractivity contribution in [1.29, 1.82) is 0 Å². The molecule has 2 amide bonds. The molecule has 0 unspecified atom stereocenters. The third-order valence-electron chi connectivity index (χ3n) is 7.11. The van der Waals surface area contributed by atoms with Gasteiger partial charge < -0.3 is 23.7 Å². The molecule has 2 aromatic rings. The van der Waals surface area contributed by atoms with E-state index in [4.69, 9.17) is 23.7 Å². The molecule has 0 saturated carbocycles. The second-order valence-corrected chi connectivity index (χ2v) is 12.8. The summed E-state index contributed by atoms with van der Waals surface area (Å²) in [5.74, 6) is 0. The minimum Gasteiger partial charge on any atom is -0.444 e. The number of carbonyl (C=O) groups excluding carboxylic acids is 2. The number of anilines is 2. The molecule has 40 heavy (non-hydrogen) atoms. The van der Waals surface area contributed by atoms with Gasteiger partial charge >= 0.3 is 12.2 Å². The number of nitrogens with zero attached hydrogens (tertiary/aromatic N) is 1. The molecule has 5 rings (SSSR count). The molecule has 3 heterocycles. The van der Waals surface area contributed by atoms with E-state index >= 15 is 0 Å². The number of carbonyl (C=O) groups is 2. The molecule has 3 aliphatic rings. The summed E-state index contributed by atoms with van der Waals surface area (Å²) >= 11 is 0. The van der Waals surface area contributed by atoms with Gasteiger partial charge in [0, 0.05) is 11.4 Å². The molecule has 3 fully saturated rings. The molecule has 0 radical (unpaired) electrons. The smallest absolute Gasteiger partial charge is 0.412 e. The van der Waals surface area contributed by atoms with E-state index in [-0.39, 0.29) is 6.23 Å². The Kier molecular flexibility index (Phi) is 6.89. The van der Waals surface area contributed by atoms with Gasteiger partial charge in [-0.25, -0.2) is 14.5 Å². The Morgan fingerprint density at radius 1 is 0.800 bits per heavy atom. The first-order valence-electron chi connectivity index (χ1n) is 13.5. The lowest BCUT2D eigenvalue weighted by atomic mass is 9.93. The lowest BCUT2D eigenvalue weighted by Crippen LogP contribution is -2.40. The largest absolute Gasteiger partial charge is 0.444 e. The van der Waals surface area contributed by atoms with Crippen LogP contribution >= 0.6 is 0 Å². The first kappa shape index (κ1) is 28.4. The van der Waals surface area contributed by atoms with Gasteiger partial charge in [0.25, 0.3) is 0 Å². The SMILES string of the molecule is CC(C)(C)OC(=O)Nc1cccc([C@@]2(C)O[C@H]3CO[C@@H]4N3[C@H]2O[C@]4(C)c2cccc(NC(=O)OC(C)(C)C)c2)c1. The molecular weight excluding hydrogens is 514 g/mol. The number of hydrogen-bond donors (Lipinski definition) is 2. The van der Waals surface area contributed by atoms with E-state index in [0.29, 0.717) is 18.0 Å². The van der Waals surface area contributed by atoms with Gasteiger partial charge in [0.1, 0.15) is 41.1 Å². The van der Waals surface area contributed by atoms with Crippen molar-refractivity contribution < 1.29 is 33.3 Å². The van der Waals surface area contributed by atoms with Crippen LogP contribution in [-0.2, 0) is 34.9 Å². The van der Waals surface area contributed by atoms with Gasteiger partial charge in [0.15, 0.2) is 0 Å². The maximum absolute atomic E-state index is 12.4. The van der Waals surface area contributed by atoms with Gasteiger partial charge in [-0.1, -0.05) is 24.3 Å². The zero-order valence-electron chi connectivity index (χ0n) is 24.4. The van der Waals surface area contributed by atoms with E-state index in [1.54, 1.807) is 0 Å². The third kappa shape index (κ3) is 5.41. The zero-order chi connectivity index (χ0) is 29.1. The van der Waals surface area contributed by atoms with Crippen LogP contribution in [0.15, 0.2) is 48.5 Å². The molecular formula is C30H39N3O7. The molecule has 10 heteroatoms. The van der Waals surface area contributed by atoms with Crippen molar-refractivity contribution in [2.75, 3.05) is 17.2 Å². The van der Waals surface area contributed by atoms with Crippen LogP contribution in [0.25, 0.3) is 0 Å². The number of rotatable bonds is 4. The van der Waals surface area contributed by atoms with Crippen molar-refractivity contribution in [2.45, 2.75) is 96.5 Å². The minimum absolute atomic E-state index is 0.299. The molecule has 0 spiro atoms. The first-order chi connectivity index (χ1) is 18.6. The summed E-state index contributed by atoms with van der Waals surface area (Å²) in [5.41, 5.74) is -0.0117. The second-order valence-electron chi connectivity index (χ2n) is 12.8. The molecule has 5 atom stereocenters. The van der Waals surface area contributed by atoms with Gasteiger partial charge in [-0.2, -0.15) is 0 Å². The van der Waals surface area contributed by atoms with Crippen molar-refractivity contribution in [3.05, 3.63) is 59.7 Å². The van der Waals surface area contributed by atoms with Crippen LogP contribution in [-0.4, -0.2) is 53.6 Å². The summed E-state index contributed by atoms with van der Waals surface area (Å²) in [7, 11) is 0. The van der Waals surface area contributed by atoms with Crippen molar-refractivity contribution in [3.8, 4) is 0 Å². The zero-order valence-corrected chi connectivity index (χ0v) is 24.4. The highest BCUT2D eigenvalue weighted by Crippen LogP contribution is 2.56. The quantitative estimate of drug-likeness (QED) is 0.483. The van der Waals surface area contributed by atoms with Crippen LogP contribution in [0, 0.1) is 0 Å². The molecule has 2 aromatic carbocycles. The fraction of sp³-hybridized carbons (Fsp3) is 0.533. The van der Waals surface area contributed by atoms with Gasteiger partial charge in [-0.05, 0) is 90.8 Å². The van der Waals surface area contributed by atoms with E-state index in [9.17, 15) is 9.59 Å². The average Bonchev–Trinajstić information content (AvgIpc) is 3.45. The summed E-state index contributed by atoms with van der Waals surface area (Å²) in [6.45, 7) is 15.3. The van der Waals surface area contributed by atoms with Crippen LogP contribution < -0.4 is 10.6 Å². The van der Waals surface area contributed by atoms with Gasteiger partial charge in [0.2, 0.25) is 0 Å². The van der Waals surface area contributed by atoms with E-state index in [1.807, 2.05) is 104 Å². The molecule has 216 valence electrons. The van der Waals surface area contributed by atoms with Gasteiger partial charge in [-0.3, -0.25) is 10.6 Å². The van der Waals surface area contributed by atoms with Crippen LogP contribution in [0.3, 0.4) is 0 Å². The Hall–Kier alpha value is -3.18. The highest BCUT2D eigenvalue weighted by molar-refractivity contribution is 5.85. The number of ether oxygens (including phenoxy) is 5. The predicted octanol–water partition coefficient (Wildman–Crippen LogP) is 5.88. The van der Waals surface area contributed by atoms with E-state index in [1.165, 1.54) is 0 Å². The minimum atomic E-state index is -0.845. The van der Waals surface area contributed by atoms with Crippen LogP contribution in [0.1, 0.15) is 66.5 Å². The Morgan fingerprint density at radius 2 is 1.27 bits per heavy atom. The van der Waals surface area contributed by atoms with Crippen LogP contribution in [0.2, 0.25) is 0 Å². The normalized spacial score (nSPS) is 29.6. The summed E-state index contributed by atoms with van der Waals surface area (Å²) in [4.78, 5) is 26.9. The van der Waals surface area contributed by atoms with Gasteiger partial charge in [-0.15, -0.1) is 0 Å². The Balaban J connectivity index is 1.39. The van der Waals surface area contributed by atoms with E-state index in [0.717, 1.165) is 11.1 Å². The molecule has 10 nitrogen and oxygen atoms in total. The van der Waals surface area contributed by atoms with Gasteiger partial charge in [0.05, 0.1) is 6.61 Å². The molecule has 0 aromatic heterocycles. The van der Waals surface area contributed by atoms with Crippen LogP contribution in [0.5, 0.6) is 0 Å². The van der Waals surface area contributed by atoms with Crippen molar-refractivity contribution >= 4 is 23.6 Å². The molecule has 2 N–H and O–H groups in total. The Bertz CT molecular complexity index is 1230. The lowest BCUT2D eigenvalue weighted by molar-refractivity contribution is -0.138. The van der Waals surface area contributed by atoms with Crippen LogP contribution in [0.4, 0.5) is 21.0 Å². The molecule has 0 aliphatic carbocycles. The van der Waals surface area contributed by atoms with E-state index in [2.05, 4.69) is 15.5 Å². The van der Waals surface area contributed by atoms with E-state index < -0.39 is 47.0 Å². The maximum Gasteiger partial charge on any atom is 0.412 e. The number of nitrogens with one attached hydrogen (secondary N) is 2. The Morgan fingerprint density at radius 3 is 1.75 bits per heavy atom. The second kappa shape index (κ2) is 9.73. The number of amides is 2. The highest BCUT2D eigenvalue weighted by Gasteiger charge is 2.68.